The molecule has 19 heavy (non-hydrogen) atoms. The molecule has 1 heterocycles. The molecule has 2 aliphatic rings. The zero-order valence-corrected chi connectivity index (χ0v) is 13.1. The van der Waals surface area contributed by atoms with Gasteiger partial charge in [0.25, 0.3) is 0 Å². The largest absolute Gasteiger partial charge is 0.320 e. The second kappa shape index (κ2) is 8.26. The summed E-state index contributed by atoms with van der Waals surface area (Å²) in [6.45, 7) is 4.92. The minimum Gasteiger partial charge on any atom is -0.320 e. The standard InChI is InChI=1S/C17H34N2/c1-14-12-15(8-5-3-4-6-10-18-2)16-9-7-11-19-17(16)13-14/h14-19H,3-13H2,1-2H3/t14-,15+,16-,17-/m0/s1. The molecule has 0 aromatic carbocycles. The van der Waals surface area contributed by atoms with Crippen LogP contribution in [0.5, 0.6) is 0 Å². The van der Waals surface area contributed by atoms with Crippen LogP contribution in [-0.4, -0.2) is 26.2 Å². The lowest BCUT2D eigenvalue weighted by Gasteiger charge is -2.44. The van der Waals surface area contributed by atoms with E-state index in [1.807, 2.05) is 0 Å². The first-order valence-corrected chi connectivity index (χ1v) is 8.69. The van der Waals surface area contributed by atoms with Gasteiger partial charge in [-0.3, -0.25) is 0 Å². The van der Waals surface area contributed by atoms with Gasteiger partial charge >= 0.3 is 0 Å². The molecule has 0 amide bonds. The number of unbranched alkanes of at least 4 members (excludes halogenated alkanes) is 3. The SMILES string of the molecule is CNCCCCCC[C@@H]1C[C@H](C)C[C@@H]2NCCC[C@@H]12. The number of fused-ring (bicyclic) bond motifs is 1. The van der Waals surface area contributed by atoms with Crippen LogP contribution in [0.15, 0.2) is 0 Å². The van der Waals surface area contributed by atoms with Crippen molar-refractivity contribution >= 4 is 0 Å². The fourth-order valence-corrected chi connectivity index (χ4v) is 4.42. The summed E-state index contributed by atoms with van der Waals surface area (Å²) >= 11 is 0. The number of hydrogen-bond donors (Lipinski definition) is 2. The summed E-state index contributed by atoms with van der Waals surface area (Å²) in [5.74, 6) is 2.97. The van der Waals surface area contributed by atoms with Crippen molar-refractivity contribution in [3.8, 4) is 0 Å². The van der Waals surface area contributed by atoms with Gasteiger partial charge in [-0.05, 0) is 70.0 Å². The Morgan fingerprint density at radius 2 is 1.95 bits per heavy atom. The zero-order valence-electron chi connectivity index (χ0n) is 13.1. The third-order valence-corrected chi connectivity index (χ3v) is 5.36. The molecule has 2 N–H and O–H groups in total. The number of rotatable bonds is 7. The van der Waals surface area contributed by atoms with E-state index in [9.17, 15) is 0 Å². The molecule has 1 aliphatic carbocycles. The van der Waals surface area contributed by atoms with Gasteiger partial charge in [-0.25, -0.2) is 0 Å². The predicted octanol–water partition coefficient (Wildman–Crippen LogP) is 3.57. The van der Waals surface area contributed by atoms with E-state index in [0.717, 1.165) is 23.8 Å². The van der Waals surface area contributed by atoms with Crippen LogP contribution in [0.1, 0.15) is 64.7 Å². The summed E-state index contributed by atoms with van der Waals surface area (Å²) in [5.41, 5.74) is 0. The predicted molar refractivity (Wildman–Crippen MR) is 83.4 cm³/mol. The second-order valence-corrected chi connectivity index (χ2v) is 7.01. The maximum atomic E-state index is 3.79. The van der Waals surface area contributed by atoms with Gasteiger partial charge in [-0.15, -0.1) is 0 Å². The molecule has 2 fully saturated rings. The summed E-state index contributed by atoms with van der Waals surface area (Å²) in [4.78, 5) is 0. The molecule has 0 unspecified atom stereocenters. The van der Waals surface area contributed by atoms with Gasteiger partial charge in [0.1, 0.15) is 0 Å². The van der Waals surface area contributed by atoms with Crippen molar-refractivity contribution in [1.29, 1.82) is 0 Å². The van der Waals surface area contributed by atoms with Crippen molar-refractivity contribution in [2.24, 2.45) is 17.8 Å². The van der Waals surface area contributed by atoms with Gasteiger partial charge in [0.2, 0.25) is 0 Å². The van der Waals surface area contributed by atoms with E-state index in [1.54, 1.807) is 0 Å². The molecular formula is C17H34N2. The molecule has 4 atom stereocenters. The Bertz CT molecular complexity index is 241. The second-order valence-electron chi connectivity index (χ2n) is 7.01. The van der Waals surface area contributed by atoms with Crippen LogP contribution in [0.2, 0.25) is 0 Å². The van der Waals surface area contributed by atoms with E-state index >= 15 is 0 Å². The monoisotopic (exact) mass is 266 g/mol. The van der Waals surface area contributed by atoms with Gasteiger partial charge in [-0.1, -0.05) is 32.6 Å². The molecule has 1 aliphatic heterocycles. The highest BCUT2D eigenvalue weighted by Crippen LogP contribution is 2.40. The molecular weight excluding hydrogens is 232 g/mol. The summed E-state index contributed by atoms with van der Waals surface area (Å²) in [5, 5.41) is 7.03. The van der Waals surface area contributed by atoms with Crippen LogP contribution < -0.4 is 10.6 Å². The van der Waals surface area contributed by atoms with E-state index in [4.69, 9.17) is 0 Å². The number of hydrogen-bond acceptors (Lipinski definition) is 2. The Hall–Kier alpha value is -0.0800. The van der Waals surface area contributed by atoms with E-state index in [-0.39, 0.29) is 0 Å². The lowest BCUT2D eigenvalue weighted by atomic mass is 9.67. The maximum absolute atomic E-state index is 3.79. The topological polar surface area (TPSA) is 24.1 Å². The number of piperidine rings is 1. The molecule has 2 heteroatoms. The van der Waals surface area contributed by atoms with Crippen LogP contribution in [0.25, 0.3) is 0 Å². The van der Waals surface area contributed by atoms with Crippen LogP contribution in [0, 0.1) is 17.8 Å². The van der Waals surface area contributed by atoms with E-state index in [1.165, 1.54) is 70.9 Å². The Balaban J connectivity index is 1.68. The molecule has 2 rings (SSSR count). The summed E-state index contributed by atoms with van der Waals surface area (Å²) in [7, 11) is 2.06. The normalized spacial score (nSPS) is 35.1. The minimum atomic E-state index is 0.854. The molecule has 0 spiro atoms. The quantitative estimate of drug-likeness (QED) is 0.688. The highest BCUT2D eigenvalue weighted by atomic mass is 14.9. The molecule has 2 nitrogen and oxygen atoms in total. The van der Waals surface area contributed by atoms with Crippen LogP contribution in [0.4, 0.5) is 0 Å². The molecule has 1 saturated carbocycles. The van der Waals surface area contributed by atoms with Gasteiger partial charge in [0.05, 0.1) is 0 Å². The van der Waals surface area contributed by atoms with Crippen molar-refractivity contribution in [2.75, 3.05) is 20.1 Å². The molecule has 0 radical (unpaired) electrons. The Morgan fingerprint density at radius 1 is 1.11 bits per heavy atom. The van der Waals surface area contributed by atoms with E-state index in [0.29, 0.717) is 0 Å². The zero-order chi connectivity index (χ0) is 13.5. The lowest BCUT2D eigenvalue weighted by molar-refractivity contribution is 0.0976. The van der Waals surface area contributed by atoms with Crippen LogP contribution in [-0.2, 0) is 0 Å². The molecule has 112 valence electrons. The first-order chi connectivity index (χ1) is 9.31. The Morgan fingerprint density at radius 3 is 2.79 bits per heavy atom. The highest BCUT2D eigenvalue weighted by molar-refractivity contribution is 4.91. The van der Waals surface area contributed by atoms with Gasteiger partial charge in [-0.2, -0.15) is 0 Å². The van der Waals surface area contributed by atoms with Crippen molar-refractivity contribution in [1.82, 2.24) is 10.6 Å². The first-order valence-electron chi connectivity index (χ1n) is 8.69. The third-order valence-electron chi connectivity index (χ3n) is 5.36. The smallest absolute Gasteiger partial charge is 0.0100 e. The molecule has 0 bridgehead atoms. The summed E-state index contributed by atoms with van der Waals surface area (Å²) < 4.78 is 0. The average molecular weight is 266 g/mol. The van der Waals surface area contributed by atoms with Gasteiger partial charge < -0.3 is 10.6 Å². The summed E-state index contributed by atoms with van der Waals surface area (Å²) in [6, 6.07) is 0.854. The Kier molecular flexibility index (Phi) is 6.66. The average Bonchev–Trinajstić information content (AvgIpc) is 2.42. The van der Waals surface area contributed by atoms with Crippen molar-refractivity contribution in [3.05, 3.63) is 0 Å². The fraction of sp³-hybridized carbons (Fsp3) is 1.00. The first kappa shape index (κ1) is 15.3. The fourth-order valence-electron chi connectivity index (χ4n) is 4.42. The van der Waals surface area contributed by atoms with Crippen molar-refractivity contribution in [3.63, 3.8) is 0 Å². The van der Waals surface area contributed by atoms with Gasteiger partial charge in [0, 0.05) is 6.04 Å². The van der Waals surface area contributed by atoms with Crippen molar-refractivity contribution in [2.45, 2.75) is 70.8 Å². The lowest BCUT2D eigenvalue weighted by Crippen LogP contribution is -2.48. The minimum absolute atomic E-state index is 0.854. The van der Waals surface area contributed by atoms with Gasteiger partial charge in [0.15, 0.2) is 0 Å². The maximum Gasteiger partial charge on any atom is 0.0100 e. The van der Waals surface area contributed by atoms with Crippen LogP contribution in [0.3, 0.4) is 0 Å². The Labute approximate surface area is 120 Å². The van der Waals surface area contributed by atoms with E-state index in [2.05, 4.69) is 24.6 Å². The highest BCUT2D eigenvalue weighted by Gasteiger charge is 2.36. The van der Waals surface area contributed by atoms with Crippen LogP contribution >= 0.6 is 0 Å². The molecule has 0 aromatic heterocycles. The molecule has 1 saturated heterocycles. The van der Waals surface area contributed by atoms with E-state index < -0.39 is 0 Å². The molecule has 0 aromatic rings. The van der Waals surface area contributed by atoms with Crippen molar-refractivity contribution < 1.29 is 0 Å². The number of nitrogens with one attached hydrogen (secondary N) is 2. The summed E-state index contributed by atoms with van der Waals surface area (Å²) in [6.07, 6.45) is 13.0. The third kappa shape index (κ3) is 4.75.